The van der Waals surface area contributed by atoms with Crippen LogP contribution in [0.5, 0.6) is 0 Å². The molecule has 3 aromatic rings. The topological polar surface area (TPSA) is 55.2 Å². The van der Waals surface area contributed by atoms with Crippen molar-refractivity contribution in [2.24, 2.45) is 5.92 Å². The number of carbonyl (C=O) groups excluding carboxylic acids is 1. The van der Waals surface area contributed by atoms with Crippen LogP contribution in [-0.4, -0.2) is 27.8 Å². The first kappa shape index (κ1) is 20.7. The van der Waals surface area contributed by atoms with Gasteiger partial charge in [-0.2, -0.15) is 0 Å². The van der Waals surface area contributed by atoms with Crippen molar-refractivity contribution in [1.29, 1.82) is 0 Å². The van der Waals surface area contributed by atoms with Gasteiger partial charge in [0, 0.05) is 18.8 Å². The molecule has 156 valence electrons. The lowest BCUT2D eigenvalue weighted by Gasteiger charge is -2.29. The third-order valence-corrected chi connectivity index (χ3v) is 6.45. The second kappa shape index (κ2) is 9.04. The summed E-state index contributed by atoms with van der Waals surface area (Å²) >= 11 is 1.36. The maximum absolute atomic E-state index is 13.1. The summed E-state index contributed by atoms with van der Waals surface area (Å²) in [7, 11) is 0. The average Bonchev–Trinajstić information content (AvgIpc) is 2.76. The van der Waals surface area contributed by atoms with E-state index >= 15 is 0 Å². The Bertz CT molecular complexity index is 1120. The van der Waals surface area contributed by atoms with Crippen molar-refractivity contribution >= 4 is 34.3 Å². The number of aromatic nitrogens is 2. The highest BCUT2D eigenvalue weighted by Gasteiger charge is 2.23. The van der Waals surface area contributed by atoms with Gasteiger partial charge in [-0.15, -0.1) is 0 Å². The lowest BCUT2D eigenvalue weighted by molar-refractivity contribution is -0.116. The fourth-order valence-electron chi connectivity index (χ4n) is 3.84. The lowest BCUT2D eigenvalue weighted by Crippen LogP contribution is -2.36. The Morgan fingerprint density at radius 1 is 1.13 bits per heavy atom. The van der Waals surface area contributed by atoms with Gasteiger partial charge in [0.25, 0.3) is 5.56 Å². The van der Waals surface area contributed by atoms with Crippen LogP contribution in [0.3, 0.4) is 0 Å². The molecular weight excluding hydrogens is 394 g/mol. The molecule has 2 aromatic carbocycles. The molecule has 0 unspecified atom stereocenters. The number of carbonyl (C=O) groups is 1. The third-order valence-electron chi connectivity index (χ3n) is 5.49. The van der Waals surface area contributed by atoms with Gasteiger partial charge in [0.2, 0.25) is 5.91 Å². The number of hydrogen-bond acceptors (Lipinski definition) is 4. The molecule has 0 saturated heterocycles. The number of amides is 1. The molecule has 0 radical (unpaired) electrons. The molecule has 0 spiro atoms. The van der Waals surface area contributed by atoms with Crippen LogP contribution >= 0.6 is 11.8 Å². The second-order valence-electron chi connectivity index (χ2n) is 8.12. The fraction of sp³-hybridized carbons (Fsp3) is 0.375. The van der Waals surface area contributed by atoms with Crippen molar-refractivity contribution in [3.05, 3.63) is 64.4 Å². The summed E-state index contributed by atoms with van der Waals surface area (Å²) in [5, 5.41) is 1.25. The number of para-hydroxylation sites is 2. The predicted molar refractivity (Wildman–Crippen MR) is 123 cm³/mol. The minimum Gasteiger partial charge on any atom is -0.311 e. The number of rotatable bonds is 6. The first-order valence-electron chi connectivity index (χ1n) is 10.5. The Morgan fingerprint density at radius 3 is 2.73 bits per heavy atom. The van der Waals surface area contributed by atoms with E-state index < -0.39 is 0 Å². The average molecular weight is 422 g/mol. The number of thioether (sulfide) groups is 1. The highest BCUT2D eigenvalue weighted by molar-refractivity contribution is 7.99. The molecule has 1 aromatic heterocycles. The highest BCUT2D eigenvalue weighted by atomic mass is 32.2. The van der Waals surface area contributed by atoms with E-state index in [9.17, 15) is 9.59 Å². The first-order chi connectivity index (χ1) is 14.5. The molecule has 0 aliphatic carbocycles. The van der Waals surface area contributed by atoms with Gasteiger partial charge in [-0.3, -0.25) is 14.2 Å². The Labute approximate surface area is 181 Å². The van der Waals surface area contributed by atoms with Crippen molar-refractivity contribution in [3.63, 3.8) is 0 Å². The zero-order valence-corrected chi connectivity index (χ0v) is 18.3. The number of aryl methyl sites for hydroxylation is 1. The summed E-state index contributed by atoms with van der Waals surface area (Å²) in [5.74, 6) is 0.804. The second-order valence-corrected chi connectivity index (χ2v) is 9.06. The Balaban J connectivity index is 1.60. The van der Waals surface area contributed by atoms with Gasteiger partial charge in [0.1, 0.15) is 0 Å². The van der Waals surface area contributed by atoms with Crippen LogP contribution in [0.15, 0.2) is 58.5 Å². The van der Waals surface area contributed by atoms with Crippen molar-refractivity contribution in [1.82, 2.24) is 9.55 Å². The SMILES string of the molecule is CC(C)CCn1c(SCC(=O)N2CCCc3ccccc32)nc2ccccc2c1=O. The van der Waals surface area contributed by atoms with Gasteiger partial charge in [-0.1, -0.05) is 55.9 Å². The van der Waals surface area contributed by atoms with Gasteiger partial charge in [-0.05, 0) is 48.9 Å². The smallest absolute Gasteiger partial charge is 0.262 e. The molecule has 0 fully saturated rings. The van der Waals surface area contributed by atoms with E-state index in [2.05, 4.69) is 19.9 Å². The van der Waals surface area contributed by atoms with Crippen molar-refractivity contribution in [3.8, 4) is 0 Å². The van der Waals surface area contributed by atoms with E-state index in [1.807, 2.05) is 47.4 Å². The van der Waals surface area contributed by atoms with E-state index in [0.29, 0.717) is 28.5 Å². The Kier molecular flexibility index (Phi) is 6.23. The molecule has 0 atom stereocenters. The number of anilines is 1. The van der Waals surface area contributed by atoms with E-state index in [0.717, 1.165) is 31.5 Å². The summed E-state index contributed by atoms with van der Waals surface area (Å²) in [5.41, 5.74) is 2.89. The number of benzene rings is 2. The number of nitrogens with zero attached hydrogens (tertiary/aromatic N) is 3. The molecule has 30 heavy (non-hydrogen) atoms. The van der Waals surface area contributed by atoms with Crippen LogP contribution in [0, 0.1) is 5.92 Å². The van der Waals surface area contributed by atoms with Crippen LogP contribution in [0.1, 0.15) is 32.3 Å². The van der Waals surface area contributed by atoms with E-state index in [1.54, 1.807) is 4.57 Å². The number of hydrogen-bond donors (Lipinski definition) is 0. The molecular formula is C24H27N3O2S. The molecule has 0 N–H and O–H groups in total. The summed E-state index contributed by atoms with van der Waals surface area (Å²) in [4.78, 5) is 32.7. The van der Waals surface area contributed by atoms with E-state index in [-0.39, 0.29) is 17.2 Å². The van der Waals surface area contributed by atoms with Crippen molar-refractivity contribution in [2.75, 3.05) is 17.2 Å². The molecule has 2 heterocycles. The van der Waals surface area contributed by atoms with Gasteiger partial charge in [-0.25, -0.2) is 4.98 Å². The maximum Gasteiger partial charge on any atom is 0.262 e. The van der Waals surface area contributed by atoms with Crippen LogP contribution in [0.4, 0.5) is 5.69 Å². The van der Waals surface area contributed by atoms with E-state index in [4.69, 9.17) is 4.98 Å². The Morgan fingerprint density at radius 2 is 1.90 bits per heavy atom. The van der Waals surface area contributed by atoms with Crippen molar-refractivity contribution < 1.29 is 4.79 Å². The molecule has 0 bridgehead atoms. The largest absolute Gasteiger partial charge is 0.311 e. The molecule has 4 rings (SSSR count). The molecule has 6 heteroatoms. The van der Waals surface area contributed by atoms with Crippen LogP contribution in [0.25, 0.3) is 10.9 Å². The zero-order chi connectivity index (χ0) is 21.1. The molecule has 0 saturated carbocycles. The van der Waals surface area contributed by atoms with Gasteiger partial charge in [0.05, 0.1) is 16.7 Å². The quantitative estimate of drug-likeness (QED) is 0.434. The predicted octanol–water partition coefficient (Wildman–Crippen LogP) is 4.51. The monoisotopic (exact) mass is 421 g/mol. The summed E-state index contributed by atoms with van der Waals surface area (Å²) < 4.78 is 1.74. The molecule has 1 aliphatic heterocycles. The van der Waals surface area contributed by atoms with Gasteiger partial charge in [0.15, 0.2) is 5.16 Å². The lowest BCUT2D eigenvalue weighted by atomic mass is 10.0. The summed E-state index contributed by atoms with van der Waals surface area (Å²) in [6, 6.07) is 15.5. The standard InChI is InChI=1S/C24H27N3O2S/c1-17(2)13-15-27-23(29)19-10-4-5-11-20(19)25-24(27)30-16-22(28)26-14-7-9-18-8-3-6-12-21(18)26/h3-6,8,10-12,17H,7,9,13-16H2,1-2H3. The molecule has 1 amide bonds. The highest BCUT2D eigenvalue weighted by Crippen LogP contribution is 2.28. The fourth-order valence-corrected chi connectivity index (χ4v) is 4.74. The van der Waals surface area contributed by atoms with Crippen LogP contribution < -0.4 is 10.5 Å². The maximum atomic E-state index is 13.1. The zero-order valence-electron chi connectivity index (χ0n) is 17.5. The van der Waals surface area contributed by atoms with E-state index in [1.165, 1.54) is 17.3 Å². The van der Waals surface area contributed by atoms with Crippen LogP contribution in [-0.2, 0) is 17.8 Å². The van der Waals surface area contributed by atoms with Crippen LogP contribution in [0.2, 0.25) is 0 Å². The molecule has 5 nitrogen and oxygen atoms in total. The van der Waals surface area contributed by atoms with Gasteiger partial charge >= 0.3 is 0 Å². The van der Waals surface area contributed by atoms with Gasteiger partial charge < -0.3 is 4.90 Å². The first-order valence-corrected chi connectivity index (χ1v) is 11.5. The molecule has 1 aliphatic rings. The summed E-state index contributed by atoms with van der Waals surface area (Å²) in [6.45, 7) is 5.63. The summed E-state index contributed by atoms with van der Waals surface area (Å²) in [6.07, 6.45) is 2.87. The Hall–Kier alpha value is -2.60. The minimum atomic E-state index is -0.0282. The normalized spacial score (nSPS) is 13.6. The minimum absolute atomic E-state index is 0.0282. The third kappa shape index (κ3) is 4.29. The van der Waals surface area contributed by atoms with Crippen molar-refractivity contribution in [2.45, 2.75) is 44.8 Å². The number of fused-ring (bicyclic) bond motifs is 2.